The van der Waals surface area contributed by atoms with Crippen molar-refractivity contribution in [1.82, 2.24) is 15.2 Å². The van der Waals surface area contributed by atoms with Gasteiger partial charge in [-0.3, -0.25) is 9.48 Å². The number of aromatic nitrogens is 2. The summed E-state index contributed by atoms with van der Waals surface area (Å²) in [4.78, 5) is 12.2. The summed E-state index contributed by atoms with van der Waals surface area (Å²) in [6.45, 7) is 0.415. The molecule has 9 heteroatoms. The van der Waals surface area contributed by atoms with Crippen molar-refractivity contribution >= 4 is 35.3 Å². The molecule has 0 atom stereocenters. The number of halogens is 2. The van der Waals surface area contributed by atoms with Crippen molar-refractivity contribution in [2.75, 3.05) is 14.2 Å². The molecule has 2 aromatic carbocycles. The summed E-state index contributed by atoms with van der Waals surface area (Å²) in [6.07, 6.45) is 3.20. The van der Waals surface area contributed by atoms with Crippen molar-refractivity contribution in [3.05, 3.63) is 75.5 Å². The van der Waals surface area contributed by atoms with Gasteiger partial charge in [0.15, 0.2) is 17.2 Å². The normalized spacial score (nSPS) is 10.9. The number of benzene rings is 2. The van der Waals surface area contributed by atoms with Crippen LogP contribution in [0.25, 0.3) is 0 Å². The summed E-state index contributed by atoms with van der Waals surface area (Å²) >= 11 is 12.1. The maximum atomic E-state index is 12.2. The van der Waals surface area contributed by atoms with Crippen molar-refractivity contribution in [2.45, 2.75) is 6.54 Å². The average molecular weight is 433 g/mol. The summed E-state index contributed by atoms with van der Waals surface area (Å²) in [5.74, 6) is 0.755. The molecule has 3 aromatic rings. The number of ether oxygens (including phenoxy) is 2. The van der Waals surface area contributed by atoms with E-state index in [4.69, 9.17) is 32.7 Å². The number of nitrogens with one attached hydrogen (secondary N) is 1. The molecule has 0 fully saturated rings. The Morgan fingerprint density at radius 3 is 2.66 bits per heavy atom. The highest BCUT2D eigenvalue weighted by atomic mass is 35.5. The first-order chi connectivity index (χ1) is 14.0. The van der Waals surface area contributed by atoms with Gasteiger partial charge in [-0.05, 0) is 47.5 Å². The highest BCUT2D eigenvalue weighted by Gasteiger charge is 2.10. The summed E-state index contributed by atoms with van der Waals surface area (Å²) in [5, 5.41) is 9.31. The van der Waals surface area contributed by atoms with Crippen LogP contribution in [0.1, 0.15) is 21.6 Å². The Morgan fingerprint density at radius 1 is 1.14 bits per heavy atom. The van der Waals surface area contributed by atoms with Crippen LogP contribution < -0.4 is 14.9 Å². The maximum absolute atomic E-state index is 12.2. The first-order valence-corrected chi connectivity index (χ1v) is 9.28. The van der Waals surface area contributed by atoms with Gasteiger partial charge in [0.1, 0.15) is 0 Å². The molecular formula is C20H18Cl2N4O3. The number of nitrogens with zero attached hydrogens (tertiary/aromatic N) is 3. The third kappa shape index (κ3) is 5.28. The van der Waals surface area contributed by atoms with Crippen LogP contribution in [0.3, 0.4) is 0 Å². The van der Waals surface area contributed by atoms with Crippen molar-refractivity contribution in [1.29, 1.82) is 0 Å². The fraction of sp³-hybridized carbons (Fsp3) is 0.150. The maximum Gasteiger partial charge on any atom is 0.291 e. The number of carbonyl (C=O) groups is 1. The molecule has 0 unspecified atom stereocenters. The van der Waals surface area contributed by atoms with Crippen LogP contribution in [-0.4, -0.2) is 36.1 Å². The van der Waals surface area contributed by atoms with Gasteiger partial charge in [-0.2, -0.15) is 10.2 Å². The zero-order chi connectivity index (χ0) is 20.8. The molecule has 0 bridgehead atoms. The van der Waals surface area contributed by atoms with Gasteiger partial charge in [-0.25, -0.2) is 5.43 Å². The van der Waals surface area contributed by atoms with E-state index in [1.54, 1.807) is 61.5 Å². The molecule has 150 valence electrons. The van der Waals surface area contributed by atoms with E-state index in [9.17, 15) is 4.79 Å². The van der Waals surface area contributed by atoms with Crippen LogP contribution in [-0.2, 0) is 6.54 Å². The number of rotatable bonds is 7. The minimum Gasteiger partial charge on any atom is -0.493 e. The zero-order valence-electron chi connectivity index (χ0n) is 15.7. The van der Waals surface area contributed by atoms with E-state index in [1.807, 2.05) is 6.07 Å². The molecule has 1 N–H and O–H groups in total. The van der Waals surface area contributed by atoms with Crippen molar-refractivity contribution < 1.29 is 14.3 Å². The molecule has 0 spiro atoms. The molecule has 0 saturated heterocycles. The monoisotopic (exact) mass is 432 g/mol. The first kappa shape index (κ1) is 20.7. The molecule has 0 aliphatic rings. The number of amides is 1. The molecule has 1 amide bonds. The predicted octanol–water partition coefficient (Wildman–Crippen LogP) is 4.02. The van der Waals surface area contributed by atoms with Crippen LogP contribution >= 0.6 is 23.2 Å². The lowest BCUT2D eigenvalue weighted by atomic mass is 10.2. The Bertz CT molecular complexity index is 1050. The second-order valence-electron chi connectivity index (χ2n) is 5.95. The lowest BCUT2D eigenvalue weighted by molar-refractivity contribution is 0.0949. The molecule has 0 saturated carbocycles. The van der Waals surface area contributed by atoms with Crippen LogP contribution in [0.5, 0.6) is 11.5 Å². The van der Waals surface area contributed by atoms with Gasteiger partial charge in [0.2, 0.25) is 0 Å². The summed E-state index contributed by atoms with van der Waals surface area (Å²) in [6, 6.07) is 12.1. The molecule has 1 heterocycles. The molecule has 0 radical (unpaired) electrons. The van der Waals surface area contributed by atoms with Crippen LogP contribution in [0.15, 0.2) is 53.8 Å². The topological polar surface area (TPSA) is 77.7 Å². The highest BCUT2D eigenvalue weighted by Crippen LogP contribution is 2.26. The smallest absolute Gasteiger partial charge is 0.291 e. The van der Waals surface area contributed by atoms with E-state index in [0.717, 1.165) is 11.1 Å². The Morgan fingerprint density at radius 2 is 1.93 bits per heavy atom. The lowest BCUT2D eigenvalue weighted by Gasteiger charge is -2.07. The lowest BCUT2D eigenvalue weighted by Crippen LogP contribution is -2.18. The second kappa shape index (κ2) is 9.45. The summed E-state index contributed by atoms with van der Waals surface area (Å²) < 4.78 is 12.0. The summed E-state index contributed by atoms with van der Waals surface area (Å²) in [7, 11) is 3.11. The third-order valence-corrected chi connectivity index (χ3v) is 4.60. The number of hydrogen-bond acceptors (Lipinski definition) is 5. The molecule has 3 rings (SSSR count). The highest BCUT2D eigenvalue weighted by molar-refractivity contribution is 6.35. The standard InChI is InChI=1S/C20H18Cl2N4O3/c1-28-18-6-3-13(9-19(18)29-2)11-23-24-20(27)17-7-8-26(25-17)12-14-4-5-15(21)10-16(14)22/h3-11H,12H2,1-2H3,(H,24,27)/b23-11+. The minimum atomic E-state index is -0.428. The van der Waals surface area contributed by atoms with E-state index in [0.29, 0.717) is 28.1 Å². The first-order valence-electron chi connectivity index (χ1n) is 8.53. The predicted molar refractivity (Wildman–Crippen MR) is 112 cm³/mol. The van der Waals surface area contributed by atoms with E-state index in [1.165, 1.54) is 6.21 Å². The van der Waals surface area contributed by atoms with Gasteiger partial charge in [-0.15, -0.1) is 0 Å². The Hall–Kier alpha value is -3.03. The zero-order valence-corrected chi connectivity index (χ0v) is 17.2. The SMILES string of the molecule is COc1ccc(/C=N/NC(=O)c2ccn(Cc3ccc(Cl)cc3Cl)n2)cc1OC. The molecule has 29 heavy (non-hydrogen) atoms. The van der Waals surface area contributed by atoms with E-state index in [2.05, 4.69) is 15.6 Å². The van der Waals surface area contributed by atoms with Crippen molar-refractivity contribution in [2.24, 2.45) is 5.10 Å². The molecule has 1 aromatic heterocycles. The largest absolute Gasteiger partial charge is 0.493 e. The van der Waals surface area contributed by atoms with E-state index >= 15 is 0 Å². The average Bonchev–Trinajstić information content (AvgIpc) is 3.18. The molecule has 7 nitrogen and oxygen atoms in total. The fourth-order valence-corrected chi connectivity index (χ4v) is 3.02. The van der Waals surface area contributed by atoms with Crippen LogP contribution in [0, 0.1) is 0 Å². The van der Waals surface area contributed by atoms with Crippen molar-refractivity contribution in [3.8, 4) is 11.5 Å². The second-order valence-corrected chi connectivity index (χ2v) is 6.79. The van der Waals surface area contributed by atoms with Gasteiger partial charge >= 0.3 is 0 Å². The number of hydrazone groups is 1. The summed E-state index contributed by atoms with van der Waals surface area (Å²) in [5.41, 5.74) is 4.27. The van der Waals surface area contributed by atoms with Gasteiger partial charge in [0, 0.05) is 16.2 Å². The number of carbonyl (C=O) groups excluding carboxylic acids is 1. The van der Waals surface area contributed by atoms with Crippen LogP contribution in [0.4, 0.5) is 0 Å². The Labute approximate surface area is 177 Å². The minimum absolute atomic E-state index is 0.236. The van der Waals surface area contributed by atoms with Gasteiger partial charge in [0.05, 0.1) is 27.0 Å². The van der Waals surface area contributed by atoms with Gasteiger partial charge < -0.3 is 9.47 Å². The Balaban J connectivity index is 1.62. The molecule has 0 aliphatic carbocycles. The Kier molecular flexibility index (Phi) is 6.74. The van der Waals surface area contributed by atoms with Crippen LogP contribution in [0.2, 0.25) is 10.0 Å². The van der Waals surface area contributed by atoms with E-state index < -0.39 is 5.91 Å². The molecular weight excluding hydrogens is 415 g/mol. The number of methoxy groups -OCH3 is 2. The molecule has 0 aliphatic heterocycles. The van der Waals surface area contributed by atoms with Gasteiger partial charge in [-0.1, -0.05) is 29.3 Å². The number of hydrogen-bond donors (Lipinski definition) is 1. The third-order valence-electron chi connectivity index (χ3n) is 4.01. The van der Waals surface area contributed by atoms with E-state index in [-0.39, 0.29) is 5.69 Å². The quantitative estimate of drug-likeness (QED) is 0.451. The van der Waals surface area contributed by atoms with Crippen molar-refractivity contribution in [3.63, 3.8) is 0 Å². The fourth-order valence-electron chi connectivity index (χ4n) is 2.55. The van der Waals surface area contributed by atoms with Gasteiger partial charge in [0.25, 0.3) is 5.91 Å².